The number of amides is 1. The Labute approximate surface area is 124 Å². The lowest BCUT2D eigenvalue weighted by molar-refractivity contribution is -0.137. The molecule has 3 rings (SSSR count). The number of rotatable bonds is 2. The number of carbonyl (C=O) groups excluding carboxylic acids is 1. The third kappa shape index (κ3) is 2.72. The van der Waals surface area contributed by atoms with E-state index in [1.165, 1.54) is 17.1 Å². The van der Waals surface area contributed by atoms with Crippen molar-refractivity contribution in [2.24, 2.45) is 5.10 Å². The van der Waals surface area contributed by atoms with Crippen molar-refractivity contribution in [1.29, 1.82) is 0 Å². The number of hydrogen-bond donors (Lipinski definition) is 0. The second-order valence-electron chi connectivity index (χ2n) is 4.84. The number of hydrogen-bond acceptors (Lipinski definition) is 2. The summed E-state index contributed by atoms with van der Waals surface area (Å²) in [6.45, 7) is 0. The summed E-state index contributed by atoms with van der Waals surface area (Å²) in [6, 6.07) is 13.6. The van der Waals surface area contributed by atoms with E-state index in [1.807, 2.05) is 6.07 Å². The maximum Gasteiger partial charge on any atom is 0.416 e. The Kier molecular flexibility index (Phi) is 3.44. The highest BCUT2D eigenvalue weighted by Gasteiger charge is 2.32. The molecule has 0 radical (unpaired) electrons. The van der Waals surface area contributed by atoms with E-state index in [2.05, 4.69) is 5.10 Å². The lowest BCUT2D eigenvalue weighted by atomic mass is 10.0. The molecule has 0 saturated carbocycles. The van der Waals surface area contributed by atoms with E-state index < -0.39 is 11.7 Å². The SMILES string of the molecule is O=C1CC(c2cccc(C(F)(F)F)c2)=NN1c1ccccc1. The van der Waals surface area contributed by atoms with Gasteiger partial charge in [-0.1, -0.05) is 30.3 Å². The first-order valence-electron chi connectivity index (χ1n) is 6.58. The number of benzene rings is 2. The van der Waals surface area contributed by atoms with Crippen molar-refractivity contribution in [3.8, 4) is 0 Å². The Morgan fingerprint density at radius 1 is 1.00 bits per heavy atom. The minimum absolute atomic E-state index is 0.0177. The molecular formula is C16H11F3N2O. The third-order valence-corrected chi connectivity index (χ3v) is 3.30. The van der Waals surface area contributed by atoms with Crippen molar-refractivity contribution in [1.82, 2.24) is 0 Å². The normalized spacial score (nSPS) is 15.1. The van der Waals surface area contributed by atoms with Gasteiger partial charge in [-0.2, -0.15) is 18.3 Å². The van der Waals surface area contributed by atoms with E-state index in [-0.39, 0.29) is 12.3 Å². The first-order valence-corrected chi connectivity index (χ1v) is 6.58. The van der Waals surface area contributed by atoms with Gasteiger partial charge in [0.05, 0.1) is 23.4 Å². The Morgan fingerprint density at radius 2 is 1.73 bits per heavy atom. The molecule has 0 aromatic heterocycles. The molecule has 112 valence electrons. The van der Waals surface area contributed by atoms with Crippen LogP contribution in [0.5, 0.6) is 0 Å². The first-order chi connectivity index (χ1) is 10.4. The minimum atomic E-state index is -4.42. The first kappa shape index (κ1) is 14.3. The molecule has 0 aliphatic carbocycles. The molecule has 6 heteroatoms. The van der Waals surface area contributed by atoms with Gasteiger partial charge in [-0.25, -0.2) is 5.01 Å². The van der Waals surface area contributed by atoms with Crippen LogP contribution in [0, 0.1) is 0 Å². The van der Waals surface area contributed by atoms with E-state index >= 15 is 0 Å². The summed E-state index contributed by atoms with van der Waals surface area (Å²) in [5, 5.41) is 5.38. The van der Waals surface area contributed by atoms with Crippen LogP contribution in [0.1, 0.15) is 17.5 Å². The molecule has 1 amide bonds. The average molecular weight is 304 g/mol. The molecular weight excluding hydrogens is 293 g/mol. The smallest absolute Gasteiger partial charge is 0.272 e. The number of carbonyl (C=O) groups is 1. The van der Waals surface area contributed by atoms with Crippen LogP contribution in [0.15, 0.2) is 59.7 Å². The van der Waals surface area contributed by atoms with Crippen LogP contribution in [0.4, 0.5) is 18.9 Å². The fourth-order valence-corrected chi connectivity index (χ4v) is 2.24. The van der Waals surface area contributed by atoms with Crippen LogP contribution in [0.2, 0.25) is 0 Å². The highest BCUT2D eigenvalue weighted by atomic mass is 19.4. The molecule has 3 nitrogen and oxygen atoms in total. The fourth-order valence-electron chi connectivity index (χ4n) is 2.24. The summed E-state index contributed by atoms with van der Waals surface area (Å²) in [4.78, 5) is 12.0. The standard InChI is InChI=1S/C16H11F3N2O/c17-16(18,19)12-6-4-5-11(9-12)14-10-15(22)21(20-14)13-7-2-1-3-8-13/h1-9H,10H2. The summed E-state index contributed by atoms with van der Waals surface area (Å²) in [5.41, 5.74) is 0.481. The molecule has 2 aromatic rings. The summed E-state index contributed by atoms with van der Waals surface area (Å²) in [7, 11) is 0. The lowest BCUT2D eigenvalue weighted by Crippen LogP contribution is -2.19. The van der Waals surface area contributed by atoms with Gasteiger partial charge in [-0.05, 0) is 29.8 Å². The van der Waals surface area contributed by atoms with Gasteiger partial charge < -0.3 is 0 Å². The van der Waals surface area contributed by atoms with Crippen LogP contribution in [-0.4, -0.2) is 11.6 Å². The zero-order valence-electron chi connectivity index (χ0n) is 11.3. The minimum Gasteiger partial charge on any atom is -0.272 e. The maximum absolute atomic E-state index is 12.8. The van der Waals surface area contributed by atoms with Crippen LogP contribution in [0.3, 0.4) is 0 Å². The van der Waals surface area contributed by atoms with Gasteiger partial charge in [0.1, 0.15) is 0 Å². The summed E-state index contributed by atoms with van der Waals surface area (Å²) in [5.74, 6) is -0.265. The van der Waals surface area contributed by atoms with E-state index in [0.717, 1.165) is 12.1 Å². The summed E-state index contributed by atoms with van der Waals surface area (Å²) >= 11 is 0. The van der Waals surface area contributed by atoms with Crippen LogP contribution in [0.25, 0.3) is 0 Å². The maximum atomic E-state index is 12.8. The highest BCUT2D eigenvalue weighted by Crippen LogP contribution is 2.30. The molecule has 0 N–H and O–H groups in total. The van der Waals surface area contributed by atoms with Gasteiger partial charge in [-0.15, -0.1) is 0 Å². The zero-order valence-corrected chi connectivity index (χ0v) is 11.3. The molecule has 0 spiro atoms. The average Bonchev–Trinajstić information content (AvgIpc) is 2.89. The van der Waals surface area contributed by atoms with Crippen LogP contribution < -0.4 is 5.01 Å². The number of nitrogens with zero attached hydrogens (tertiary/aromatic N) is 2. The van der Waals surface area contributed by atoms with Crippen molar-refractivity contribution >= 4 is 17.3 Å². The van der Waals surface area contributed by atoms with Crippen LogP contribution >= 0.6 is 0 Å². The topological polar surface area (TPSA) is 32.7 Å². The van der Waals surface area contributed by atoms with E-state index in [4.69, 9.17) is 0 Å². The van der Waals surface area contributed by atoms with Gasteiger partial charge in [0, 0.05) is 0 Å². The number of halogens is 3. The molecule has 22 heavy (non-hydrogen) atoms. The van der Waals surface area contributed by atoms with E-state index in [0.29, 0.717) is 17.0 Å². The molecule has 1 aliphatic heterocycles. The second kappa shape index (κ2) is 5.29. The largest absolute Gasteiger partial charge is 0.416 e. The molecule has 2 aromatic carbocycles. The van der Waals surface area contributed by atoms with Gasteiger partial charge in [-0.3, -0.25) is 4.79 Å². The van der Waals surface area contributed by atoms with Crippen molar-refractivity contribution < 1.29 is 18.0 Å². The van der Waals surface area contributed by atoms with Crippen molar-refractivity contribution in [3.05, 3.63) is 65.7 Å². The molecule has 0 fully saturated rings. The zero-order chi connectivity index (χ0) is 15.7. The number of para-hydroxylation sites is 1. The van der Waals surface area contributed by atoms with Crippen molar-refractivity contribution in [3.63, 3.8) is 0 Å². The van der Waals surface area contributed by atoms with Gasteiger partial charge in [0.15, 0.2) is 0 Å². The number of anilines is 1. The number of hydrazone groups is 1. The highest BCUT2D eigenvalue weighted by molar-refractivity contribution is 6.19. The van der Waals surface area contributed by atoms with E-state index in [9.17, 15) is 18.0 Å². The van der Waals surface area contributed by atoms with E-state index in [1.54, 1.807) is 24.3 Å². The quantitative estimate of drug-likeness (QED) is 0.829. The predicted molar refractivity (Wildman–Crippen MR) is 76.5 cm³/mol. The lowest BCUT2D eigenvalue weighted by Gasteiger charge is -2.10. The summed E-state index contributed by atoms with van der Waals surface area (Å²) in [6.07, 6.45) is -4.44. The Morgan fingerprint density at radius 3 is 2.41 bits per heavy atom. The predicted octanol–water partition coefficient (Wildman–Crippen LogP) is 3.85. The van der Waals surface area contributed by atoms with Gasteiger partial charge in [0.25, 0.3) is 5.91 Å². The van der Waals surface area contributed by atoms with Crippen molar-refractivity contribution in [2.45, 2.75) is 12.6 Å². The molecule has 0 unspecified atom stereocenters. The Balaban J connectivity index is 1.95. The molecule has 0 atom stereocenters. The van der Waals surface area contributed by atoms with Gasteiger partial charge >= 0.3 is 6.18 Å². The number of alkyl halides is 3. The second-order valence-corrected chi connectivity index (χ2v) is 4.84. The molecule has 0 saturated heterocycles. The summed E-state index contributed by atoms with van der Waals surface area (Å²) < 4.78 is 38.3. The Bertz CT molecular complexity index is 739. The molecule has 1 heterocycles. The van der Waals surface area contributed by atoms with Crippen LogP contribution in [-0.2, 0) is 11.0 Å². The molecule has 0 bridgehead atoms. The van der Waals surface area contributed by atoms with Gasteiger partial charge in [0.2, 0.25) is 0 Å². The third-order valence-electron chi connectivity index (χ3n) is 3.30. The molecule has 1 aliphatic rings. The monoisotopic (exact) mass is 304 g/mol. The van der Waals surface area contributed by atoms with Crippen molar-refractivity contribution in [2.75, 3.05) is 5.01 Å². The fraction of sp³-hybridized carbons (Fsp3) is 0.125. The Hall–Kier alpha value is -2.63.